The van der Waals surface area contributed by atoms with E-state index in [2.05, 4.69) is 35.8 Å². The number of ether oxygens (including phenoxy) is 1. The van der Waals surface area contributed by atoms with Crippen LogP contribution in [-0.2, 0) is 11.2 Å². The zero-order valence-electron chi connectivity index (χ0n) is 18.6. The number of carbonyl (C=O) groups is 1. The highest BCUT2D eigenvalue weighted by atomic mass is 16.5. The predicted octanol–water partition coefficient (Wildman–Crippen LogP) is 3.02. The van der Waals surface area contributed by atoms with Crippen molar-refractivity contribution in [1.82, 2.24) is 15.5 Å². The molecule has 6 heteroatoms. The summed E-state index contributed by atoms with van der Waals surface area (Å²) in [5, 5.41) is 6.58. The van der Waals surface area contributed by atoms with Crippen molar-refractivity contribution < 1.29 is 9.53 Å². The van der Waals surface area contributed by atoms with Crippen LogP contribution >= 0.6 is 0 Å². The van der Waals surface area contributed by atoms with E-state index in [1.54, 1.807) is 0 Å². The summed E-state index contributed by atoms with van der Waals surface area (Å²) in [5.74, 6) is 2.15. The van der Waals surface area contributed by atoms with E-state index < -0.39 is 0 Å². The van der Waals surface area contributed by atoms with Crippen molar-refractivity contribution in [2.24, 2.45) is 10.9 Å². The van der Waals surface area contributed by atoms with Crippen LogP contribution < -0.4 is 15.4 Å². The maximum absolute atomic E-state index is 12.4. The molecule has 0 aliphatic carbocycles. The normalized spacial score (nSPS) is 16.5. The largest absolute Gasteiger partial charge is 0.492 e. The highest BCUT2D eigenvalue weighted by Gasteiger charge is 2.28. The Balaban J connectivity index is 1.41. The summed E-state index contributed by atoms with van der Waals surface area (Å²) < 4.78 is 5.79. The van der Waals surface area contributed by atoms with Gasteiger partial charge in [-0.1, -0.05) is 42.5 Å². The van der Waals surface area contributed by atoms with Crippen LogP contribution in [0.4, 0.5) is 0 Å². The monoisotopic (exact) mass is 422 g/mol. The Labute approximate surface area is 185 Å². The fourth-order valence-electron chi connectivity index (χ4n) is 3.71. The molecule has 6 nitrogen and oxygen atoms in total. The van der Waals surface area contributed by atoms with Gasteiger partial charge in [-0.3, -0.25) is 9.79 Å². The Hall–Kier alpha value is -3.02. The number of hydrogen-bond acceptors (Lipinski definition) is 3. The van der Waals surface area contributed by atoms with Gasteiger partial charge in [0.1, 0.15) is 12.4 Å². The Kier molecular flexibility index (Phi) is 8.76. The van der Waals surface area contributed by atoms with Gasteiger partial charge in [0.2, 0.25) is 5.91 Å². The highest BCUT2D eigenvalue weighted by Crippen LogP contribution is 2.18. The summed E-state index contributed by atoms with van der Waals surface area (Å²) in [7, 11) is 0. The van der Waals surface area contributed by atoms with Gasteiger partial charge in [-0.05, 0) is 43.5 Å². The van der Waals surface area contributed by atoms with Crippen molar-refractivity contribution in [3.63, 3.8) is 0 Å². The molecule has 0 radical (unpaired) electrons. The number of aliphatic imine (C=N–C) groups is 1. The third kappa shape index (κ3) is 7.63. The lowest BCUT2D eigenvalue weighted by Crippen LogP contribution is -2.39. The smallest absolute Gasteiger partial charge is 0.223 e. The third-order valence-electron chi connectivity index (χ3n) is 5.31. The van der Waals surface area contributed by atoms with Crippen LogP contribution in [0.2, 0.25) is 0 Å². The van der Waals surface area contributed by atoms with Gasteiger partial charge in [0.05, 0.1) is 6.54 Å². The Morgan fingerprint density at radius 3 is 2.77 bits per heavy atom. The summed E-state index contributed by atoms with van der Waals surface area (Å²) in [6.07, 6.45) is 1.47. The topological polar surface area (TPSA) is 66.0 Å². The summed E-state index contributed by atoms with van der Waals surface area (Å²) in [6, 6.07) is 18.4. The first-order chi connectivity index (χ1) is 15.1. The molecule has 1 atom stereocenters. The molecular weight excluding hydrogens is 388 g/mol. The first-order valence-corrected chi connectivity index (χ1v) is 11.2. The van der Waals surface area contributed by atoms with Crippen molar-refractivity contribution in [2.75, 3.05) is 39.3 Å². The molecule has 1 fully saturated rings. The molecule has 0 aromatic heterocycles. The number of aryl methyl sites for hydroxylation is 1. The van der Waals surface area contributed by atoms with Crippen molar-refractivity contribution in [1.29, 1.82) is 0 Å². The van der Waals surface area contributed by atoms with Crippen LogP contribution in [0.15, 0.2) is 59.6 Å². The van der Waals surface area contributed by atoms with Crippen LogP contribution in [0, 0.1) is 12.8 Å². The van der Waals surface area contributed by atoms with E-state index >= 15 is 0 Å². The molecule has 0 saturated carbocycles. The van der Waals surface area contributed by atoms with Gasteiger partial charge >= 0.3 is 0 Å². The van der Waals surface area contributed by atoms with E-state index in [0.717, 1.165) is 37.8 Å². The lowest BCUT2D eigenvalue weighted by atomic mass is 10.1. The summed E-state index contributed by atoms with van der Waals surface area (Å²) in [6.45, 7) is 8.31. The lowest BCUT2D eigenvalue weighted by Gasteiger charge is -2.16. The van der Waals surface area contributed by atoms with Gasteiger partial charge in [0.15, 0.2) is 5.96 Å². The number of benzene rings is 2. The molecule has 31 heavy (non-hydrogen) atoms. The van der Waals surface area contributed by atoms with Gasteiger partial charge in [-0.15, -0.1) is 0 Å². The lowest BCUT2D eigenvalue weighted by molar-refractivity contribution is -0.127. The second-order valence-electron chi connectivity index (χ2n) is 7.96. The fraction of sp³-hybridized carbons (Fsp3) is 0.440. The number of rotatable bonds is 10. The number of nitrogens with zero attached hydrogens (tertiary/aromatic N) is 2. The van der Waals surface area contributed by atoms with Crippen molar-refractivity contribution in [2.45, 2.75) is 26.7 Å². The Morgan fingerprint density at radius 2 is 2.00 bits per heavy atom. The molecule has 1 unspecified atom stereocenters. The molecule has 1 saturated heterocycles. The molecule has 1 aliphatic rings. The van der Waals surface area contributed by atoms with Gasteiger partial charge in [-0.2, -0.15) is 0 Å². The maximum Gasteiger partial charge on any atom is 0.223 e. The number of nitrogens with one attached hydrogen (secondary N) is 2. The minimum absolute atomic E-state index is 0.237. The first-order valence-electron chi connectivity index (χ1n) is 11.2. The maximum atomic E-state index is 12.4. The molecule has 166 valence electrons. The summed E-state index contributed by atoms with van der Waals surface area (Å²) in [4.78, 5) is 19.1. The van der Waals surface area contributed by atoms with Gasteiger partial charge in [-0.25, -0.2) is 0 Å². The first kappa shape index (κ1) is 22.7. The van der Waals surface area contributed by atoms with E-state index in [1.165, 1.54) is 11.1 Å². The van der Waals surface area contributed by atoms with Crippen molar-refractivity contribution in [3.05, 3.63) is 65.7 Å². The molecule has 1 heterocycles. The fourth-order valence-corrected chi connectivity index (χ4v) is 3.71. The average molecular weight is 423 g/mol. The highest BCUT2D eigenvalue weighted by molar-refractivity contribution is 5.80. The van der Waals surface area contributed by atoms with E-state index in [4.69, 9.17) is 9.73 Å². The molecule has 3 rings (SSSR count). The number of carbonyl (C=O) groups excluding carboxylic acids is 1. The second-order valence-corrected chi connectivity index (χ2v) is 7.96. The Morgan fingerprint density at radius 1 is 1.16 bits per heavy atom. The van der Waals surface area contributed by atoms with Crippen LogP contribution in [-0.4, -0.2) is 56.1 Å². The minimum Gasteiger partial charge on any atom is -0.492 e. The van der Waals surface area contributed by atoms with E-state index in [9.17, 15) is 4.79 Å². The molecule has 2 N–H and O–H groups in total. The number of hydrogen-bond donors (Lipinski definition) is 2. The van der Waals surface area contributed by atoms with Crippen molar-refractivity contribution in [3.8, 4) is 5.75 Å². The van der Waals surface area contributed by atoms with Gasteiger partial charge < -0.3 is 20.3 Å². The minimum atomic E-state index is 0.237. The van der Waals surface area contributed by atoms with Crippen LogP contribution in [0.1, 0.15) is 24.5 Å². The molecule has 0 spiro atoms. The Bertz CT molecular complexity index is 854. The van der Waals surface area contributed by atoms with E-state index in [1.807, 2.05) is 48.2 Å². The second kappa shape index (κ2) is 12.0. The molecular formula is C25H34N4O2. The van der Waals surface area contributed by atoms with Crippen molar-refractivity contribution >= 4 is 11.9 Å². The molecule has 1 amide bonds. The van der Waals surface area contributed by atoms with E-state index in [0.29, 0.717) is 26.1 Å². The molecule has 1 aliphatic heterocycles. The van der Waals surface area contributed by atoms with Crippen LogP contribution in [0.3, 0.4) is 0 Å². The van der Waals surface area contributed by atoms with Gasteiger partial charge in [0.25, 0.3) is 0 Å². The number of guanidine groups is 1. The third-order valence-corrected chi connectivity index (χ3v) is 5.31. The number of likely N-dealkylation sites (tertiary alicyclic amines) is 1. The summed E-state index contributed by atoms with van der Waals surface area (Å²) >= 11 is 0. The predicted molar refractivity (Wildman–Crippen MR) is 125 cm³/mol. The molecule has 0 bridgehead atoms. The van der Waals surface area contributed by atoms with E-state index in [-0.39, 0.29) is 11.8 Å². The quantitative estimate of drug-likeness (QED) is 0.351. The number of amides is 1. The average Bonchev–Trinajstić information content (AvgIpc) is 3.13. The standard InChI is InChI=1S/C25H34N4O2/c1-3-26-25(27-13-15-31-23-11-7-8-20(2)16-23)28-18-22-17-24(30)29(19-22)14-12-21-9-5-4-6-10-21/h4-11,16,22H,3,12-15,17-19H2,1-2H3,(H2,26,27,28). The molecule has 2 aromatic carbocycles. The van der Waals surface area contributed by atoms with Crippen LogP contribution in [0.25, 0.3) is 0 Å². The summed E-state index contributed by atoms with van der Waals surface area (Å²) in [5.41, 5.74) is 2.45. The SMILES string of the molecule is CCNC(=NCC1CC(=O)N(CCc2ccccc2)C1)NCCOc1cccc(C)c1. The molecule has 2 aromatic rings. The zero-order chi connectivity index (χ0) is 21.9. The van der Waals surface area contributed by atoms with Crippen LogP contribution in [0.5, 0.6) is 5.75 Å². The van der Waals surface area contributed by atoms with Gasteiger partial charge in [0, 0.05) is 38.5 Å². The zero-order valence-corrected chi connectivity index (χ0v) is 18.6.